The molecule has 0 unspecified atom stereocenters. The number of benzene rings is 3. The Bertz CT molecular complexity index is 1330. The topological polar surface area (TPSA) is 95.6 Å². The fraction of sp³-hybridized carbons (Fsp3) is 0.308. The number of piperidine rings is 1. The molecule has 0 saturated carbocycles. The molecule has 1 heterocycles. The van der Waals surface area contributed by atoms with Crippen LogP contribution in [0.5, 0.6) is 0 Å². The second-order valence-corrected chi connectivity index (χ2v) is 10.2. The number of amides is 2. The summed E-state index contributed by atoms with van der Waals surface area (Å²) in [6, 6.07) is 17.4. The smallest absolute Gasteiger partial charge is 0.255 e. The number of likely N-dealkylation sites (tertiary alicyclic amines) is 1. The van der Waals surface area contributed by atoms with Crippen LogP contribution in [0.15, 0.2) is 65.6 Å². The summed E-state index contributed by atoms with van der Waals surface area (Å²) in [6.45, 7) is 4.79. The van der Waals surface area contributed by atoms with E-state index in [9.17, 15) is 18.0 Å². The fourth-order valence-corrected chi connectivity index (χ4v) is 5.90. The molecule has 1 fully saturated rings. The van der Waals surface area contributed by atoms with Crippen LogP contribution in [0.3, 0.4) is 0 Å². The van der Waals surface area contributed by atoms with Gasteiger partial charge in [0, 0.05) is 47.6 Å². The highest BCUT2D eigenvalue weighted by molar-refractivity contribution is 7.89. The van der Waals surface area contributed by atoms with Gasteiger partial charge in [0.1, 0.15) is 0 Å². The number of anilines is 1. The number of rotatable bonds is 6. The van der Waals surface area contributed by atoms with Crippen molar-refractivity contribution in [2.45, 2.75) is 44.0 Å². The first-order valence-electron chi connectivity index (χ1n) is 11.5. The number of sulfonamides is 1. The predicted octanol–water partition coefficient (Wildman–Crippen LogP) is 4.08. The first kappa shape index (κ1) is 23.9. The molecule has 7 nitrogen and oxygen atoms in total. The van der Waals surface area contributed by atoms with E-state index in [2.05, 4.69) is 10.0 Å². The molecule has 2 N–H and O–H groups in total. The van der Waals surface area contributed by atoms with Gasteiger partial charge in [0.25, 0.3) is 5.91 Å². The lowest BCUT2D eigenvalue weighted by Gasteiger charge is -2.32. The minimum Gasteiger partial charge on any atom is -0.343 e. The zero-order valence-corrected chi connectivity index (χ0v) is 20.2. The molecule has 3 aromatic carbocycles. The largest absolute Gasteiger partial charge is 0.343 e. The first-order chi connectivity index (χ1) is 16.3. The van der Waals surface area contributed by atoms with Crippen molar-refractivity contribution >= 4 is 38.3 Å². The highest BCUT2D eigenvalue weighted by atomic mass is 32.2. The quantitative estimate of drug-likeness (QED) is 0.557. The third-order valence-electron chi connectivity index (χ3n) is 6.28. The van der Waals surface area contributed by atoms with Gasteiger partial charge in [0.15, 0.2) is 0 Å². The molecule has 8 heteroatoms. The molecule has 1 aliphatic rings. The van der Waals surface area contributed by atoms with Crippen LogP contribution in [0.1, 0.15) is 42.1 Å². The summed E-state index contributed by atoms with van der Waals surface area (Å²) in [5.74, 6) is -0.152. The Morgan fingerprint density at radius 2 is 1.59 bits per heavy atom. The van der Waals surface area contributed by atoms with Gasteiger partial charge in [0.2, 0.25) is 15.9 Å². The monoisotopic (exact) mass is 479 g/mol. The van der Waals surface area contributed by atoms with Crippen molar-refractivity contribution in [1.29, 1.82) is 0 Å². The van der Waals surface area contributed by atoms with Crippen LogP contribution >= 0.6 is 0 Å². The predicted molar refractivity (Wildman–Crippen MR) is 133 cm³/mol. The maximum absolute atomic E-state index is 13.3. The van der Waals surface area contributed by atoms with Crippen LogP contribution in [0.4, 0.5) is 5.69 Å². The van der Waals surface area contributed by atoms with E-state index in [0.29, 0.717) is 54.4 Å². The van der Waals surface area contributed by atoms with Crippen molar-refractivity contribution < 1.29 is 18.0 Å². The lowest BCUT2D eigenvalue weighted by Crippen LogP contribution is -2.46. The lowest BCUT2D eigenvalue weighted by molar-refractivity contribution is -0.131. The second-order valence-electron chi connectivity index (χ2n) is 8.56. The molecule has 0 aromatic heterocycles. The average Bonchev–Trinajstić information content (AvgIpc) is 2.84. The number of aryl methyl sites for hydroxylation is 1. The zero-order valence-electron chi connectivity index (χ0n) is 19.4. The number of hydrogen-bond acceptors (Lipinski definition) is 4. The minimum atomic E-state index is -3.80. The van der Waals surface area contributed by atoms with E-state index in [1.165, 1.54) is 6.07 Å². The van der Waals surface area contributed by atoms with Crippen LogP contribution in [-0.2, 0) is 14.8 Å². The Labute approximate surface area is 200 Å². The number of nitrogens with one attached hydrogen (secondary N) is 2. The van der Waals surface area contributed by atoms with Crippen LogP contribution in [0, 0.1) is 6.92 Å². The zero-order chi connectivity index (χ0) is 24.3. The minimum absolute atomic E-state index is 0.0932. The van der Waals surface area contributed by atoms with E-state index in [0.717, 1.165) is 5.56 Å². The van der Waals surface area contributed by atoms with E-state index in [1.807, 2.05) is 38.1 Å². The molecule has 178 valence electrons. The van der Waals surface area contributed by atoms with Gasteiger partial charge in [-0.05, 0) is 43.5 Å². The summed E-state index contributed by atoms with van der Waals surface area (Å²) in [7, 11) is -3.80. The highest BCUT2D eigenvalue weighted by Crippen LogP contribution is 2.30. The number of nitrogens with zero attached hydrogens (tertiary/aromatic N) is 1. The van der Waals surface area contributed by atoms with E-state index in [1.54, 1.807) is 35.2 Å². The summed E-state index contributed by atoms with van der Waals surface area (Å²) in [5.41, 5.74) is 1.98. The maximum atomic E-state index is 13.3. The number of fused-ring (bicyclic) bond motifs is 1. The number of carbonyl (C=O) groups is 2. The van der Waals surface area contributed by atoms with Gasteiger partial charge < -0.3 is 10.2 Å². The van der Waals surface area contributed by atoms with Crippen molar-refractivity contribution in [2.75, 3.05) is 18.4 Å². The van der Waals surface area contributed by atoms with Crippen LogP contribution < -0.4 is 10.0 Å². The van der Waals surface area contributed by atoms with Gasteiger partial charge in [-0.2, -0.15) is 0 Å². The number of hydrogen-bond donors (Lipinski definition) is 2. The molecule has 2 amide bonds. The first-order valence-corrected chi connectivity index (χ1v) is 13.0. The van der Waals surface area contributed by atoms with Crippen molar-refractivity contribution in [3.8, 4) is 0 Å². The summed E-state index contributed by atoms with van der Waals surface area (Å²) in [4.78, 5) is 26.7. The summed E-state index contributed by atoms with van der Waals surface area (Å²) in [6.07, 6.45) is 1.61. The van der Waals surface area contributed by atoms with E-state index < -0.39 is 10.0 Å². The summed E-state index contributed by atoms with van der Waals surface area (Å²) < 4.78 is 29.4. The van der Waals surface area contributed by atoms with Gasteiger partial charge in [-0.1, -0.05) is 49.4 Å². The molecule has 0 spiro atoms. The molecule has 0 atom stereocenters. The Balaban J connectivity index is 1.58. The Hall–Kier alpha value is -3.23. The van der Waals surface area contributed by atoms with E-state index >= 15 is 0 Å². The Kier molecular flexibility index (Phi) is 7.00. The Morgan fingerprint density at radius 3 is 2.26 bits per heavy atom. The Morgan fingerprint density at radius 1 is 0.941 bits per heavy atom. The van der Waals surface area contributed by atoms with E-state index in [-0.39, 0.29) is 22.8 Å². The summed E-state index contributed by atoms with van der Waals surface area (Å²) >= 11 is 0. The van der Waals surface area contributed by atoms with Crippen LogP contribution in [0.25, 0.3) is 10.8 Å². The molecule has 0 aliphatic carbocycles. The van der Waals surface area contributed by atoms with Crippen LogP contribution in [0.2, 0.25) is 0 Å². The van der Waals surface area contributed by atoms with Gasteiger partial charge >= 0.3 is 0 Å². The molecular formula is C26H29N3O4S. The van der Waals surface area contributed by atoms with Gasteiger partial charge in [-0.25, -0.2) is 13.1 Å². The van der Waals surface area contributed by atoms with Crippen molar-refractivity contribution in [1.82, 2.24) is 9.62 Å². The standard InChI is InChI=1S/C26H29N3O4S/c1-3-25(30)29-16-14-19(15-17-29)28-34(32,33)24-13-12-23(21-10-6-7-11-22(21)24)27-26(31)20-9-5-4-8-18(20)2/h4-13,19,28H,3,14-17H2,1-2H3,(H,27,31). The van der Waals surface area contributed by atoms with Gasteiger partial charge in [-0.15, -0.1) is 0 Å². The van der Waals surface area contributed by atoms with E-state index in [4.69, 9.17) is 0 Å². The van der Waals surface area contributed by atoms with Crippen molar-refractivity contribution in [3.63, 3.8) is 0 Å². The third-order valence-corrected chi connectivity index (χ3v) is 7.86. The van der Waals surface area contributed by atoms with Gasteiger partial charge in [-0.3, -0.25) is 9.59 Å². The molecule has 1 saturated heterocycles. The maximum Gasteiger partial charge on any atom is 0.255 e. The lowest BCUT2D eigenvalue weighted by atomic mass is 10.1. The van der Waals surface area contributed by atoms with Crippen LogP contribution in [-0.4, -0.2) is 44.3 Å². The summed E-state index contributed by atoms with van der Waals surface area (Å²) in [5, 5.41) is 4.12. The SMILES string of the molecule is CCC(=O)N1CCC(NS(=O)(=O)c2ccc(NC(=O)c3ccccc3C)c3ccccc23)CC1. The molecule has 1 aliphatic heterocycles. The van der Waals surface area contributed by atoms with Gasteiger partial charge in [0.05, 0.1) is 4.90 Å². The molecule has 0 radical (unpaired) electrons. The third kappa shape index (κ3) is 4.98. The molecule has 0 bridgehead atoms. The van der Waals surface area contributed by atoms with Crippen molar-refractivity contribution in [3.05, 3.63) is 71.8 Å². The number of carbonyl (C=O) groups excluding carboxylic acids is 2. The molecule has 4 rings (SSSR count). The molecular weight excluding hydrogens is 450 g/mol. The fourth-order valence-electron chi connectivity index (χ4n) is 4.39. The normalized spacial score (nSPS) is 14.8. The highest BCUT2D eigenvalue weighted by Gasteiger charge is 2.27. The molecule has 34 heavy (non-hydrogen) atoms. The molecule has 3 aromatic rings. The second kappa shape index (κ2) is 9.95. The average molecular weight is 480 g/mol. The van der Waals surface area contributed by atoms with Crippen molar-refractivity contribution in [2.24, 2.45) is 0 Å².